The van der Waals surface area contributed by atoms with Crippen LogP contribution < -0.4 is 0 Å². The van der Waals surface area contributed by atoms with Crippen molar-refractivity contribution >= 4 is 27.5 Å². The fourth-order valence-electron chi connectivity index (χ4n) is 2.43. The van der Waals surface area contributed by atoms with Gasteiger partial charge in [0.25, 0.3) is 0 Å². The topological polar surface area (TPSA) is 39.2 Å². The Balaban J connectivity index is 1.94. The van der Waals surface area contributed by atoms with Crippen LogP contribution in [0.4, 0.5) is 0 Å². The van der Waals surface area contributed by atoms with E-state index in [4.69, 9.17) is 4.74 Å². The Kier molecular flexibility index (Phi) is 4.44. The molecule has 0 saturated heterocycles. The molecule has 23 heavy (non-hydrogen) atoms. The highest BCUT2D eigenvalue weighted by Gasteiger charge is 2.11. The van der Waals surface area contributed by atoms with E-state index in [0.717, 1.165) is 15.1 Å². The Labute approximate surface area is 139 Å². The molecule has 118 valence electrons. The van der Waals surface area contributed by atoms with E-state index in [-0.39, 0.29) is 5.97 Å². The number of benzene rings is 1. The van der Waals surface area contributed by atoms with Gasteiger partial charge < -0.3 is 4.74 Å². The van der Waals surface area contributed by atoms with Crippen molar-refractivity contribution in [1.29, 1.82) is 0 Å². The predicted molar refractivity (Wildman–Crippen MR) is 95.1 cm³/mol. The maximum atomic E-state index is 11.8. The number of rotatable bonds is 4. The zero-order valence-corrected chi connectivity index (χ0v) is 14.3. The first-order valence-corrected chi connectivity index (χ1v) is 8.57. The van der Waals surface area contributed by atoms with Crippen molar-refractivity contribution in [2.45, 2.75) is 26.7 Å². The molecule has 0 spiro atoms. The van der Waals surface area contributed by atoms with E-state index >= 15 is 0 Å². The molecule has 0 radical (unpaired) electrons. The van der Waals surface area contributed by atoms with Crippen molar-refractivity contribution in [2.24, 2.45) is 0 Å². The molecule has 1 aromatic carbocycles. The molecule has 0 aliphatic carbocycles. The van der Waals surface area contributed by atoms with E-state index in [9.17, 15) is 4.79 Å². The maximum absolute atomic E-state index is 11.8. The highest BCUT2D eigenvalue weighted by atomic mass is 32.1. The number of hydrogen-bond donors (Lipinski definition) is 0. The van der Waals surface area contributed by atoms with Gasteiger partial charge >= 0.3 is 5.97 Å². The number of carbonyl (C=O) groups is 1. The van der Waals surface area contributed by atoms with E-state index in [1.54, 1.807) is 24.5 Å². The average Bonchev–Trinajstić information content (AvgIpc) is 2.98. The molecule has 2 aromatic heterocycles. The molecular weight excluding hydrogens is 306 g/mol. The zero-order chi connectivity index (χ0) is 16.4. The third kappa shape index (κ3) is 3.27. The Morgan fingerprint density at radius 1 is 1.22 bits per heavy atom. The van der Waals surface area contributed by atoms with Crippen molar-refractivity contribution < 1.29 is 9.53 Å². The molecule has 0 aliphatic rings. The highest BCUT2D eigenvalue weighted by Crippen LogP contribution is 2.33. The van der Waals surface area contributed by atoms with Gasteiger partial charge in [0.05, 0.1) is 12.2 Å². The second kappa shape index (κ2) is 6.50. The fourth-order valence-corrected chi connectivity index (χ4v) is 3.42. The molecule has 0 saturated carbocycles. The number of hydrogen-bond acceptors (Lipinski definition) is 4. The quantitative estimate of drug-likeness (QED) is 0.614. The number of nitrogens with zero attached hydrogens (tertiary/aromatic N) is 1. The molecular formula is C19H19NO2S. The Hall–Kier alpha value is -2.20. The van der Waals surface area contributed by atoms with Crippen molar-refractivity contribution in [3.63, 3.8) is 0 Å². The summed E-state index contributed by atoms with van der Waals surface area (Å²) in [6, 6.07) is 12.6. The Morgan fingerprint density at radius 2 is 1.96 bits per heavy atom. The van der Waals surface area contributed by atoms with Gasteiger partial charge in [0, 0.05) is 16.5 Å². The van der Waals surface area contributed by atoms with E-state index in [2.05, 4.69) is 49.2 Å². The molecule has 0 N–H and O–H groups in total. The first-order chi connectivity index (χ1) is 11.1. The summed E-state index contributed by atoms with van der Waals surface area (Å²) in [6.07, 6.45) is 1.59. The summed E-state index contributed by atoms with van der Waals surface area (Å²) >= 11 is 1.64. The lowest BCUT2D eigenvalue weighted by Crippen LogP contribution is -2.04. The molecule has 0 unspecified atom stereocenters. The molecule has 0 bridgehead atoms. The summed E-state index contributed by atoms with van der Waals surface area (Å²) in [5.41, 5.74) is 3.01. The first kappa shape index (κ1) is 15.7. The van der Waals surface area contributed by atoms with Crippen LogP contribution >= 0.6 is 11.3 Å². The minimum atomic E-state index is -0.323. The van der Waals surface area contributed by atoms with Crippen molar-refractivity contribution in [1.82, 2.24) is 4.98 Å². The van der Waals surface area contributed by atoms with E-state index in [1.807, 2.05) is 6.07 Å². The first-order valence-electron chi connectivity index (χ1n) is 7.75. The minimum Gasteiger partial charge on any atom is -0.462 e. The molecule has 0 aliphatic heterocycles. The van der Waals surface area contributed by atoms with Crippen molar-refractivity contribution in [3.8, 4) is 10.4 Å². The minimum absolute atomic E-state index is 0.323. The van der Waals surface area contributed by atoms with E-state index < -0.39 is 0 Å². The highest BCUT2D eigenvalue weighted by molar-refractivity contribution is 7.21. The SMILES string of the molecule is CCOC(=O)c1cnc2sc(-c3ccc(C(C)C)cc3)cc2c1. The normalized spacial score (nSPS) is 11.1. The second-order valence-electron chi connectivity index (χ2n) is 5.73. The molecule has 0 atom stereocenters. The van der Waals surface area contributed by atoms with Gasteiger partial charge in [0.15, 0.2) is 0 Å². The molecule has 3 nitrogen and oxygen atoms in total. The molecule has 2 heterocycles. The van der Waals surface area contributed by atoms with Crippen LogP contribution in [0.25, 0.3) is 20.7 Å². The van der Waals surface area contributed by atoms with E-state index in [0.29, 0.717) is 18.1 Å². The molecule has 0 amide bonds. The summed E-state index contributed by atoms with van der Waals surface area (Å²) in [5.74, 6) is 0.205. The number of esters is 1. The molecule has 3 aromatic rings. The number of aromatic nitrogens is 1. The van der Waals surface area contributed by atoms with Crippen LogP contribution in [0.5, 0.6) is 0 Å². The summed E-state index contributed by atoms with van der Waals surface area (Å²) in [4.78, 5) is 18.3. The monoisotopic (exact) mass is 325 g/mol. The van der Waals surface area contributed by atoms with Crippen LogP contribution in [-0.2, 0) is 4.74 Å². The largest absolute Gasteiger partial charge is 0.462 e. The lowest BCUT2D eigenvalue weighted by molar-refractivity contribution is 0.0526. The summed E-state index contributed by atoms with van der Waals surface area (Å²) in [6.45, 7) is 6.55. The van der Waals surface area contributed by atoms with Crippen LogP contribution in [0.1, 0.15) is 42.6 Å². The summed E-state index contributed by atoms with van der Waals surface area (Å²) < 4.78 is 5.03. The van der Waals surface area contributed by atoms with Crippen molar-refractivity contribution in [3.05, 3.63) is 53.7 Å². The van der Waals surface area contributed by atoms with Gasteiger partial charge in [0.2, 0.25) is 0 Å². The van der Waals surface area contributed by atoms with Gasteiger partial charge in [0.1, 0.15) is 4.83 Å². The smallest absolute Gasteiger partial charge is 0.339 e. The summed E-state index contributed by atoms with van der Waals surface area (Å²) in [5, 5.41) is 0.975. The molecule has 0 fully saturated rings. The van der Waals surface area contributed by atoms with Gasteiger partial charge in [-0.2, -0.15) is 0 Å². The zero-order valence-electron chi connectivity index (χ0n) is 13.5. The lowest BCUT2D eigenvalue weighted by atomic mass is 10.0. The van der Waals surface area contributed by atoms with Crippen LogP contribution in [0.3, 0.4) is 0 Å². The molecule has 3 rings (SSSR count). The number of thiophene rings is 1. The molecule has 4 heteroatoms. The van der Waals surface area contributed by atoms with Gasteiger partial charge in [-0.15, -0.1) is 11.3 Å². The van der Waals surface area contributed by atoms with Gasteiger partial charge in [-0.1, -0.05) is 38.1 Å². The van der Waals surface area contributed by atoms with Crippen molar-refractivity contribution in [2.75, 3.05) is 6.61 Å². The third-order valence-corrected chi connectivity index (χ3v) is 4.85. The van der Waals surface area contributed by atoms with Crippen LogP contribution in [0.15, 0.2) is 42.6 Å². The number of ether oxygens (including phenoxy) is 1. The van der Waals surface area contributed by atoms with Gasteiger partial charge in [-0.05, 0) is 36.1 Å². The lowest BCUT2D eigenvalue weighted by Gasteiger charge is -2.05. The Bertz CT molecular complexity index is 834. The van der Waals surface area contributed by atoms with Gasteiger partial charge in [-0.25, -0.2) is 9.78 Å². The summed E-state index contributed by atoms with van der Waals surface area (Å²) in [7, 11) is 0. The number of carbonyl (C=O) groups excluding carboxylic acids is 1. The second-order valence-corrected chi connectivity index (χ2v) is 6.76. The van der Waals surface area contributed by atoms with Crippen LogP contribution in [0, 0.1) is 0 Å². The average molecular weight is 325 g/mol. The van der Waals surface area contributed by atoms with E-state index in [1.165, 1.54) is 11.1 Å². The van der Waals surface area contributed by atoms with Gasteiger partial charge in [-0.3, -0.25) is 0 Å². The van der Waals surface area contributed by atoms with Crippen LogP contribution in [-0.4, -0.2) is 17.6 Å². The standard InChI is InChI=1S/C19H19NO2S/c1-4-22-19(21)16-9-15-10-17(23-18(15)20-11-16)14-7-5-13(6-8-14)12(2)3/h5-12H,4H2,1-3H3. The van der Waals surface area contributed by atoms with Crippen LogP contribution in [0.2, 0.25) is 0 Å². The Morgan fingerprint density at radius 3 is 2.61 bits per heavy atom. The number of pyridine rings is 1. The third-order valence-electron chi connectivity index (χ3n) is 3.75. The predicted octanol–water partition coefficient (Wildman–Crippen LogP) is 5.26. The fraction of sp³-hybridized carbons (Fsp3) is 0.263. The maximum Gasteiger partial charge on any atom is 0.339 e. The number of fused-ring (bicyclic) bond motifs is 1.